The quantitative estimate of drug-likeness (QED) is 0.784. The molecule has 1 fully saturated rings. The fourth-order valence-electron chi connectivity index (χ4n) is 2.19. The number of amides is 1. The van der Waals surface area contributed by atoms with Gasteiger partial charge in [0.25, 0.3) is 0 Å². The lowest BCUT2D eigenvalue weighted by molar-refractivity contribution is -0.130. The van der Waals surface area contributed by atoms with E-state index < -0.39 is 0 Å². The Kier molecular flexibility index (Phi) is 4.15. The van der Waals surface area contributed by atoms with Gasteiger partial charge in [-0.2, -0.15) is 0 Å². The summed E-state index contributed by atoms with van der Waals surface area (Å²) in [5.41, 5.74) is 0.593. The van der Waals surface area contributed by atoms with E-state index in [9.17, 15) is 9.59 Å². The topological polar surface area (TPSA) is 56.4 Å². The van der Waals surface area contributed by atoms with E-state index in [2.05, 4.69) is 4.98 Å². The van der Waals surface area contributed by atoms with Gasteiger partial charge in [-0.05, 0) is 32.0 Å². The first-order chi connectivity index (χ1) is 8.66. The predicted octanol–water partition coefficient (Wildman–Crippen LogP) is 0.752. The van der Waals surface area contributed by atoms with E-state index >= 15 is 0 Å². The second-order valence-corrected chi connectivity index (χ2v) is 4.77. The number of carbonyl (C=O) groups excluding carboxylic acids is 2. The summed E-state index contributed by atoms with van der Waals surface area (Å²) in [4.78, 5) is 30.2. The fraction of sp³-hybridized carbons (Fsp3) is 0.538. The van der Waals surface area contributed by atoms with Gasteiger partial charge in [-0.25, -0.2) is 0 Å². The number of aromatic amines is 1. The molecule has 1 saturated heterocycles. The van der Waals surface area contributed by atoms with Crippen LogP contribution in [0.15, 0.2) is 18.3 Å². The molecule has 5 nitrogen and oxygen atoms in total. The van der Waals surface area contributed by atoms with E-state index in [4.69, 9.17) is 0 Å². The van der Waals surface area contributed by atoms with Crippen molar-refractivity contribution in [1.82, 2.24) is 14.8 Å². The number of likely N-dealkylation sites (tertiary alicyclic amines) is 1. The minimum Gasteiger partial charge on any atom is -0.359 e. The normalized spacial score (nSPS) is 15.3. The maximum absolute atomic E-state index is 11.9. The highest BCUT2D eigenvalue weighted by atomic mass is 16.2. The molecule has 0 aromatic carbocycles. The van der Waals surface area contributed by atoms with Crippen molar-refractivity contribution in [2.75, 3.05) is 33.2 Å². The highest BCUT2D eigenvalue weighted by molar-refractivity contribution is 5.96. The summed E-state index contributed by atoms with van der Waals surface area (Å²) in [6.45, 7) is 2.29. The van der Waals surface area contributed by atoms with Crippen molar-refractivity contribution in [3.05, 3.63) is 24.0 Å². The van der Waals surface area contributed by atoms with E-state index in [0.717, 1.165) is 25.9 Å². The number of rotatable bonds is 5. The van der Waals surface area contributed by atoms with Crippen LogP contribution in [0.2, 0.25) is 0 Å². The summed E-state index contributed by atoms with van der Waals surface area (Å²) in [6, 6.07) is 3.54. The van der Waals surface area contributed by atoms with Gasteiger partial charge >= 0.3 is 0 Å². The van der Waals surface area contributed by atoms with E-state index in [1.807, 2.05) is 4.90 Å². The molecule has 2 rings (SSSR count). The SMILES string of the molecule is CN(CC(=O)c1ccc[nH]1)CC(=O)N1CCCC1. The number of Topliss-reactive ketones (excluding diaryl/α,β-unsaturated/α-hetero) is 1. The molecular weight excluding hydrogens is 230 g/mol. The van der Waals surface area contributed by atoms with Gasteiger partial charge in [-0.1, -0.05) is 0 Å². The third kappa shape index (κ3) is 3.20. The van der Waals surface area contributed by atoms with Gasteiger partial charge < -0.3 is 9.88 Å². The highest BCUT2D eigenvalue weighted by Crippen LogP contribution is 2.08. The lowest BCUT2D eigenvalue weighted by atomic mass is 10.2. The van der Waals surface area contributed by atoms with Crippen LogP contribution in [0.25, 0.3) is 0 Å². The van der Waals surface area contributed by atoms with Crippen molar-refractivity contribution in [1.29, 1.82) is 0 Å². The van der Waals surface area contributed by atoms with Gasteiger partial charge in [0.15, 0.2) is 5.78 Å². The van der Waals surface area contributed by atoms with Crippen LogP contribution >= 0.6 is 0 Å². The zero-order valence-corrected chi connectivity index (χ0v) is 10.7. The number of likely N-dealkylation sites (N-methyl/N-ethyl adjacent to an activating group) is 1. The second-order valence-electron chi connectivity index (χ2n) is 4.77. The molecule has 98 valence electrons. The zero-order chi connectivity index (χ0) is 13.0. The molecule has 1 N–H and O–H groups in total. The summed E-state index contributed by atoms with van der Waals surface area (Å²) >= 11 is 0. The molecule has 1 aromatic heterocycles. The molecule has 1 aromatic rings. The molecule has 0 unspecified atom stereocenters. The molecule has 0 aliphatic carbocycles. The fourth-order valence-corrected chi connectivity index (χ4v) is 2.19. The van der Waals surface area contributed by atoms with Crippen LogP contribution in [0, 0.1) is 0 Å². The molecule has 5 heteroatoms. The largest absolute Gasteiger partial charge is 0.359 e. The number of hydrogen-bond acceptors (Lipinski definition) is 3. The maximum Gasteiger partial charge on any atom is 0.236 e. The molecule has 0 saturated carbocycles. The molecule has 1 amide bonds. The Labute approximate surface area is 107 Å². The smallest absolute Gasteiger partial charge is 0.236 e. The summed E-state index contributed by atoms with van der Waals surface area (Å²) in [5.74, 6) is 0.131. The average molecular weight is 249 g/mol. The van der Waals surface area contributed by atoms with E-state index in [0.29, 0.717) is 12.2 Å². The van der Waals surface area contributed by atoms with Crippen molar-refractivity contribution in [3.8, 4) is 0 Å². The van der Waals surface area contributed by atoms with Gasteiger partial charge in [-0.15, -0.1) is 0 Å². The number of ketones is 1. The van der Waals surface area contributed by atoms with E-state index in [1.54, 1.807) is 30.3 Å². The Morgan fingerprint density at radius 2 is 2.06 bits per heavy atom. The van der Waals surface area contributed by atoms with Crippen molar-refractivity contribution < 1.29 is 9.59 Å². The van der Waals surface area contributed by atoms with Crippen LogP contribution in [0.4, 0.5) is 0 Å². The first-order valence-corrected chi connectivity index (χ1v) is 6.30. The number of carbonyl (C=O) groups is 2. The number of aromatic nitrogens is 1. The Balaban J connectivity index is 1.79. The van der Waals surface area contributed by atoms with Crippen LogP contribution in [-0.4, -0.2) is 59.7 Å². The number of H-pyrrole nitrogens is 1. The lowest BCUT2D eigenvalue weighted by Crippen LogP contribution is -2.39. The monoisotopic (exact) mass is 249 g/mol. The number of hydrogen-bond donors (Lipinski definition) is 1. The van der Waals surface area contributed by atoms with Crippen LogP contribution in [0.3, 0.4) is 0 Å². The van der Waals surface area contributed by atoms with Gasteiger partial charge in [0.1, 0.15) is 0 Å². The summed E-state index contributed by atoms with van der Waals surface area (Å²) < 4.78 is 0. The summed E-state index contributed by atoms with van der Waals surface area (Å²) in [5, 5.41) is 0. The van der Waals surface area contributed by atoms with Gasteiger partial charge in [0, 0.05) is 19.3 Å². The highest BCUT2D eigenvalue weighted by Gasteiger charge is 2.20. The van der Waals surface area contributed by atoms with Crippen LogP contribution < -0.4 is 0 Å². The Bertz CT molecular complexity index is 408. The Morgan fingerprint density at radius 1 is 1.33 bits per heavy atom. The molecule has 0 atom stereocenters. The van der Waals surface area contributed by atoms with Gasteiger partial charge in [0.2, 0.25) is 5.91 Å². The summed E-state index contributed by atoms with van der Waals surface area (Å²) in [7, 11) is 1.80. The first-order valence-electron chi connectivity index (χ1n) is 6.30. The first kappa shape index (κ1) is 12.8. The molecule has 0 bridgehead atoms. The zero-order valence-electron chi connectivity index (χ0n) is 10.7. The third-order valence-electron chi connectivity index (χ3n) is 3.18. The molecule has 18 heavy (non-hydrogen) atoms. The minimum absolute atomic E-state index is 0.0109. The molecule has 2 heterocycles. The molecule has 1 aliphatic rings. The second kappa shape index (κ2) is 5.82. The van der Waals surface area contributed by atoms with Crippen molar-refractivity contribution in [3.63, 3.8) is 0 Å². The Morgan fingerprint density at radius 3 is 2.67 bits per heavy atom. The lowest BCUT2D eigenvalue weighted by Gasteiger charge is -2.20. The summed E-state index contributed by atoms with van der Waals surface area (Å²) in [6.07, 6.45) is 3.91. The predicted molar refractivity (Wildman–Crippen MR) is 68.4 cm³/mol. The standard InChI is InChI=1S/C13H19N3O2/c1-15(9-12(17)11-5-4-6-14-11)10-13(18)16-7-2-3-8-16/h4-6,14H,2-3,7-10H2,1H3. The molecule has 0 radical (unpaired) electrons. The molecule has 0 spiro atoms. The van der Waals surface area contributed by atoms with Crippen LogP contribution in [0.5, 0.6) is 0 Å². The number of nitrogens with one attached hydrogen (secondary N) is 1. The molecule has 1 aliphatic heterocycles. The van der Waals surface area contributed by atoms with Crippen molar-refractivity contribution >= 4 is 11.7 Å². The minimum atomic E-state index is 0.0109. The van der Waals surface area contributed by atoms with Crippen molar-refractivity contribution in [2.24, 2.45) is 0 Å². The number of nitrogens with zero attached hydrogens (tertiary/aromatic N) is 2. The van der Waals surface area contributed by atoms with E-state index in [-0.39, 0.29) is 18.2 Å². The Hall–Kier alpha value is -1.62. The maximum atomic E-state index is 11.9. The third-order valence-corrected chi connectivity index (χ3v) is 3.18. The van der Waals surface area contributed by atoms with Crippen LogP contribution in [-0.2, 0) is 4.79 Å². The van der Waals surface area contributed by atoms with Gasteiger partial charge in [-0.3, -0.25) is 14.5 Å². The van der Waals surface area contributed by atoms with E-state index in [1.165, 1.54) is 0 Å². The average Bonchev–Trinajstić information content (AvgIpc) is 3.02. The van der Waals surface area contributed by atoms with Crippen LogP contribution in [0.1, 0.15) is 23.3 Å². The van der Waals surface area contributed by atoms with Gasteiger partial charge in [0.05, 0.1) is 18.8 Å². The molecular formula is C13H19N3O2. The van der Waals surface area contributed by atoms with Crippen molar-refractivity contribution in [2.45, 2.75) is 12.8 Å².